The van der Waals surface area contributed by atoms with E-state index in [0.717, 1.165) is 48.3 Å². The first-order valence-corrected chi connectivity index (χ1v) is 12.0. The van der Waals surface area contributed by atoms with Crippen molar-refractivity contribution in [2.45, 2.75) is 50.1 Å². The lowest BCUT2D eigenvalue weighted by molar-refractivity contribution is -0.125. The fraction of sp³-hybridized carbons (Fsp3) is 0.407. The van der Waals surface area contributed by atoms with Gasteiger partial charge in [-0.1, -0.05) is 36.8 Å². The monoisotopic (exact) mass is 444 g/mol. The van der Waals surface area contributed by atoms with Crippen LogP contribution in [0.2, 0.25) is 0 Å². The van der Waals surface area contributed by atoms with Crippen LogP contribution in [0.15, 0.2) is 54.9 Å². The van der Waals surface area contributed by atoms with E-state index in [1.807, 2.05) is 42.4 Å². The smallest absolute Gasteiger partial charge is 0.238 e. The second-order valence-electron chi connectivity index (χ2n) is 9.82. The van der Waals surface area contributed by atoms with Crippen molar-refractivity contribution < 1.29 is 9.18 Å². The van der Waals surface area contributed by atoms with Crippen molar-refractivity contribution in [1.82, 2.24) is 14.7 Å². The molecule has 2 aromatic carbocycles. The molecule has 2 fully saturated rings. The Morgan fingerprint density at radius 3 is 2.55 bits per heavy atom. The van der Waals surface area contributed by atoms with Crippen molar-refractivity contribution in [3.8, 4) is 11.1 Å². The molecule has 3 aromatic rings. The minimum Gasteiger partial charge on any atom is -0.307 e. The zero-order chi connectivity index (χ0) is 22.6. The lowest BCUT2D eigenvalue weighted by Gasteiger charge is -2.45. The van der Waals surface area contributed by atoms with Gasteiger partial charge in [-0.3, -0.25) is 9.48 Å². The van der Waals surface area contributed by atoms with E-state index in [4.69, 9.17) is 0 Å². The maximum absolute atomic E-state index is 15.1. The summed E-state index contributed by atoms with van der Waals surface area (Å²) in [5.41, 5.74) is 3.80. The highest BCUT2D eigenvalue weighted by molar-refractivity contribution is 6.08. The molecule has 6 rings (SSSR count). The fourth-order valence-electron chi connectivity index (χ4n) is 5.86. The van der Waals surface area contributed by atoms with Crippen LogP contribution in [0.1, 0.15) is 43.2 Å². The number of fused-ring (bicyclic) bond motifs is 2. The van der Waals surface area contributed by atoms with Crippen molar-refractivity contribution in [2.24, 2.45) is 7.05 Å². The maximum atomic E-state index is 15.1. The molecule has 170 valence electrons. The van der Waals surface area contributed by atoms with Gasteiger partial charge in [0.05, 0.1) is 18.2 Å². The van der Waals surface area contributed by atoms with Crippen molar-refractivity contribution in [1.29, 1.82) is 0 Å². The number of benzene rings is 2. The number of hydrogen-bond acceptors (Lipinski definition) is 3. The topological polar surface area (TPSA) is 41.4 Å². The molecule has 0 radical (unpaired) electrons. The van der Waals surface area contributed by atoms with Crippen LogP contribution in [0, 0.1) is 5.82 Å². The van der Waals surface area contributed by atoms with Crippen molar-refractivity contribution in [2.75, 3.05) is 18.0 Å². The van der Waals surface area contributed by atoms with Gasteiger partial charge in [0, 0.05) is 36.1 Å². The van der Waals surface area contributed by atoms with Crippen LogP contribution in [0.25, 0.3) is 11.1 Å². The number of halogens is 1. The lowest BCUT2D eigenvalue weighted by atomic mass is 9.73. The molecule has 1 spiro atoms. The molecule has 1 aromatic heterocycles. The minimum absolute atomic E-state index is 0.132. The summed E-state index contributed by atoms with van der Waals surface area (Å²) in [7, 11) is 1.84. The van der Waals surface area contributed by atoms with E-state index in [1.165, 1.54) is 19.3 Å². The number of piperidine rings is 1. The molecule has 3 heterocycles. The molecule has 1 amide bonds. The molecule has 5 nitrogen and oxygen atoms in total. The SMILES string of the molecule is Cn1cc(-c2ccc(CN3C(=O)C4(CCN(C5CCC5)CC4)c4ccccc43)c(F)c2)cn1. The Morgan fingerprint density at radius 2 is 1.88 bits per heavy atom. The van der Waals surface area contributed by atoms with E-state index in [9.17, 15) is 4.79 Å². The third-order valence-electron chi connectivity index (χ3n) is 8.03. The van der Waals surface area contributed by atoms with Crippen LogP contribution in [0.5, 0.6) is 0 Å². The van der Waals surface area contributed by atoms with E-state index in [1.54, 1.807) is 23.0 Å². The predicted molar refractivity (Wildman–Crippen MR) is 126 cm³/mol. The van der Waals surface area contributed by atoms with E-state index >= 15 is 4.39 Å². The third kappa shape index (κ3) is 3.31. The first-order chi connectivity index (χ1) is 16.0. The Hall–Kier alpha value is -2.99. The summed E-state index contributed by atoms with van der Waals surface area (Å²) < 4.78 is 16.9. The predicted octanol–water partition coefficient (Wildman–Crippen LogP) is 4.66. The number of hydrogen-bond donors (Lipinski definition) is 0. The summed E-state index contributed by atoms with van der Waals surface area (Å²) in [6, 6.07) is 14.1. The van der Waals surface area contributed by atoms with Gasteiger partial charge in [0.25, 0.3) is 0 Å². The summed E-state index contributed by atoms with van der Waals surface area (Å²) >= 11 is 0. The number of carbonyl (C=O) groups is 1. The first kappa shape index (κ1) is 20.6. The largest absolute Gasteiger partial charge is 0.307 e. The molecule has 0 bridgehead atoms. The normalized spacial score (nSPS) is 20.3. The van der Waals surface area contributed by atoms with Gasteiger partial charge in [-0.25, -0.2) is 4.39 Å². The summed E-state index contributed by atoms with van der Waals surface area (Å²) in [6.07, 6.45) is 9.20. The average molecular weight is 445 g/mol. The third-order valence-corrected chi connectivity index (χ3v) is 8.03. The number of aromatic nitrogens is 2. The Bertz CT molecular complexity index is 1210. The highest BCUT2D eigenvalue weighted by atomic mass is 19.1. The summed E-state index contributed by atoms with van der Waals surface area (Å²) in [6.45, 7) is 2.18. The van der Waals surface area contributed by atoms with Crippen LogP contribution in [-0.2, 0) is 23.8 Å². The van der Waals surface area contributed by atoms with Gasteiger partial charge in [0.15, 0.2) is 0 Å². The van der Waals surface area contributed by atoms with Crippen molar-refractivity contribution in [3.05, 3.63) is 71.8 Å². The van der Waals surface area contributed by atoms with Crippen molar-refractivity contribution >= 4 is 11.6 Å². The van der Waals surface area contributed by atoms with Gasteiger partial charge in [-0.15, -0.1) is 0 Å². The number of amides is 1. The number of likely N-dealkylation sites (tertiary alicyclic amines) is 1. The van der Waals surface area contributed by atoms with Crippen LogP contribution in [-0.4, -0.2) is 39.7 Å². The van der Waals surface area contributed by atoms with E-state index in [-0.39, 0.29) is 18.3 Å². The second-order valence-corrected chi connectivity index (χ2v) is 9.82. The number of para-hydroxylation sites is 1. The minimum atomic E-state index is -0.469. The summed E-state index contributed by atoms with van der Waals surface area (Å²) in [5, 5.41) is 4.17. The van der Waals surface area contributed by atoms with Crippen LogP contribution >= 0.6 is 0 Å². The molecule has 1 saturated heterocycles. The summed E-state index contributed by atoms with van der Waals surface area (Å²) in [5.74, 6) is -0.157. The standard InChI is InChI=1S/C27H29FN4O/c1-30-17-21(16-29-30)19-9-10-20(24(28)15-19)18-32-25-8-3-2-7-23(25)27(26(32)33)11-13-31(14-12-27)22-5-4-6-22/h2-3,7-10,15-17,22H,4-6,11-14,18H2,1H3. The average Bonchev–Trinajstić information content (AvgIpc) is 3.32. The van der Waals surface area contributed by atoms with E-state index < -0.39 is 5.41 Å². The highest BCUT2D eigenvalue weighted by Gasteiger charge is 2.52. The first-order valence-electron chi connectivity index (χ1n) is 12.0. The van der Waals surface area contributed by atoms with Gasteiger partial charge in [-0.05, 0) is 62.0 Å². The molecule has 6 heteroatoms. The van der Waals surface area contributed by atoms with Crippen LogP contribution < -0.4 is 4.90 Å². The molecule has 3 aliphatic rings. The van der Waals surface area contributed by atoms with Crippen molar-refractivity contribution in [3.63, 3.8) is 0 Å². The quantitative estimate of drug-likeness (QED) is 0.588. The van der Waals surface area contributed by atoms with Crippen LogP contribution in [0.3, 0.4) is 0 Å². The summed E-state index contributed by atoms with van der Waals surface area (Å²) in [4.78, 5) is 18.3. The number of anilines is 1. The molecule has 2 aliphatic heterocycles. The highest BCUT2D eigenvalue weighted by Crippen LogP contribution is 2.49. The van der Waals surface area contributed by atoms with E-state index in [2.05, 4.69) is 16.1 Å². The second kappa shape index (κ2) is 7.80. The zero-order valence-corrected chi connectivity index (χ0v) is 19.0. The van der Waals surface area contributed by atoms with Gasteiger partial charge < -0.3 is 9.80 Å². The Balaban J connectivity index is 1.27. The molecule has 33 heavy (non-hydrogen) atoms. The van der Waals surface area contributed by atoms with Gasteiger partial charge in [0.2, 0.25) is 5.91 Å². The van der Waals surface area contributed by atoms with Gasteiger partial charge in [-0.2, -0.15) is 5.10 Å². The molecule has 0 N–H and O–H groups in total. The maximum Gasteiger partial charge on any atom is 0.238 e. The Labute approximate surface area is 193 Å². The number of nitrogens with zero attached hydrogens (tertiary/aromatic N) is 4. The van der Waals surface area contributed by atoms with Crippen LogP contribution in [0.4, 0.5) is 10.1 Å². The molecule has 0 unspecified atom stereocenters. The zero-order valence-electron chi connectivity index (χ0n) is 19.0. The van der Waals surface area contributed by atoms with E-state index in [0.29, 0.717) is 11.6 Å². The fourth-order valence-corrected chi connectivity index (χ4v) is 5.86. The van der Waals surface area contributed by atoms with Gasteiger partial charge >= 0.3 is 0 Å². The Morgan fingerprint density at radius 1 is 1.09 bits per heavy atom. The number of aryl methyl sites for hydroxylation is 1. The number of carbonyl (C=O) groups excluding carboxylic acids is 1. The number of rotatable bonds is 4. The molecular weight excluding hydrogens is 415 g/mol. The Kier molecular flexibility index (Phi) is 4.87. The molecular formula is C27H29FN4O. The molecule has 0 atom stereocenters. The lowest BCUT2D eigenvalue weighted by Crippen LogP contribution is -2.52. The molecule has 1 aliphatic carbocycles. The molecule has 1 saturated carbocycles. The van der Waals surface area contributed by atoms with Gasteiger partial charge in [0.1, 0.15) is 5.82 Å².